The summed E-state index contributed by atoms with van der Waals surface area (Å²) in [4.78, 5) is 24.5. The lowest BCUT2D eigenvalue weighted by atomic mass is 10.3. The number of anilines is 2. The predicted molar refractivity (Wildman–Crippen MR) is 110 cm³/mol. The smallest absolute Gasteiger partial charge is 0.237 e. The molecular weight excluding hydrogens is 364 g/mol. The number of methoxy groups -OCH3 is 1. The molecule has 0 saturated heterocycles. The van der Waals surface area contributed by atoms with E-state index in [0.717, 1.165) is 5.75 Å². The highest BCUT2D eigenvalue weighted by Gasteiger charge is 2.17. The van der Waals surface area contributed by atoms with E-state index in [2.05, 4.69) is 10.6 Å². The van der Waals surface area contributed by atoms with Crippen molar-refractivity contribution in [1.29, 1.82) is 0 Å². The molecule has 0 saturated carbocycles. The molecule has 1 atom stereocenters. The zero-order chi connectivity index (χ0) is 19.6. The third kappa shape index (κ3) is 6.53. The summed E-state index contributed by atoms with van der Waals surface area (Å²) < 4.78 is 10.6. The van der Waals surface area contributed by atoms with Crippen LogP contribution in [0.25, 0.3) is 0 Å². The highest BCUT2D eigenvalue weighted by molar-refractivity contribution is 8.01. The minimum absolute atomic E-state index is 0.167. The van der Waals surface area contributed by atoms with Crippen molar-refractivity contribution in [1.82, 2.24) is 0 Å². The second-order valence-corrected chi connectivity index (χ2v) is 6.98. The van der Waals surface area contributed by atoms with Crippen molar-refractivity contribution in [2.24, 2.45) is 0 Å². The summed E-state index contributed by atoms with van der Waals surface area (Å²) >= 11 is 1.27. The number of thioether (sulfide) groups is 1. The van der Waals surface area contributed by atoms with Gasteiger partial charge >= 0.3 is 0 Å². The Morgan fingerprint density at radius 3 is 2.44 bits per heavy atom. The van der Waals surface area contributed by atoms with E-state index in [-0.39, 0.29) is 22.8 Å². The van der Waals surface area contributed by atoms with Crippen molar-refractivity contribution < 1.29 is 19.1 Å². The molecule has 0 bridgehead atoms. The van der Waals surface area contributed by atoms with E-state index in [4.69, 9.17) is 9.47 Å². The summed E-state index contributed by atoms with van der Waals surface area (Å²) in [5, 5.41) is 5.26. The molecule has 7 heteroatoms. The van der Waals surface area contributed by atoms with Crippen LogP contribution < -0.4 is 20.1 Å². The van der Waals surface area contributed by atoms with Gasteiger partial charge in [0.25, 0.3) is 0 Å². The van der Waals surface area contributed by atoms with Gasteiger partial charge in [-0.15, -0.1) is 11.8 Å². The van der Waals surface area contributed by atoms with Crippen LogP contribution in [-0.4, -0.2) is 36.5 Å². The van der Waals surface area contributed by atoms with E-state index in [0.29, 0.717) is 23.7 Å². The van der Waals surface area contributed by atoms with Crippen LogP contribution in [0.5, 0.6) is 11.5 Å². The molecule has 1 unspecified atom stereocenters. The summed E-state index contributed by atoms with van der Waals surface area (Å²) in [5.41, 5.74) is 1.31. The normalized spacial score (nSPS) is 11.4. The van der Waals surface area contributed by atoms with Crippen LogP contribution >= 0.6 is 11.8 Å². The third-order valence-corrected chi connectivity index (χ3v) is 4.80. The molecule has 144 valence electrons. The Bertz CT molecular complexity index is 765. The van der Waals surface area contributed by atoms with Crippen molar-refractivity contribution in [2.45, 2.75) is 19.1 Å². The minimum Gasteiger partial charge on any atom is -0.497 e. The van der Waals surface area contributed by atoms with E-state index < -0.39 is 0 Å². The zero-order valence-electron chi connectivity index (χ0n) is 15.7. The number of hydrogen-bond acceptors (Lipinski definition) is 5. The Hall–Kier alpha value is -2.67. The fraction of sp³-hybridized carbons (Fsp3) is 0.300. The van der Waals surface area contributed by atoms with Crippen molar-refractivity contribution in [3.8, 4) is 11.5 Å². The minimum atomic E-state index is -0.388. The van der Waals surface area contributed by atoms with Gasteiger partial charge in [0.2, 0.25) is 11.8 Å². The standard InChI is InChI=1S/C20H24N2O4S/c1-4-26-18-8-6-5-7-17(18)22-20(24)14(2)27-13-19(23)21-15-9-11-16(25-3)12-10-15/h5-12,14H,4,13H2,1-3H3,(H,21,23)(H,22,24). The monoisotopic (exact) mass is 388 g/mol. The summed E-state index contributed by atoms with van der Waals surface area (Å²) in [5.74, 6) is 1.18. The van der Waals surface area contributed by atoms with Gasteiger partial charge in [0.05, 0.1) is 30.4 Å². The van der Waals surface area contributed by atoms with E-state index in [1.807, 2.05) is 19.1 Å². The Kier molecular flexibility index (Phi) is 8.00. The molecule has 0 spiro atoms. The Labute approximate surface area is 163 Å². The topological polar surface area (TPSA) is 76.7 Å². The first kappa shape index (κ1) is 20.6. The van der Waals surface area contributed by atoms with Crippen molar-refractivity contribution in [2.75, 3.05) is 30.1 Å². The average Bonchev–Trinajstić information content (AvgIpc) is 2.68. The maximum Gasteiger partial charge on any atom is 0.237 e. The number of carbonyl (C=O) groups is 2. The van der Waals surface area contributed by atoms with Crippen molar-refractivity contribution in [3.63, 3.8) is 0 Å². The Balaban J connectivity index is 1.82. The third-order valence-electron chi connectivity index (χ3n) is 3.65. The van der Waals surface area contributed by atoms with Gasteiger partial charge in [-0.05, 0) is 50.2 Å². The number of hydrogen-bond donors (Lipinski definition) is 2. The highest BCUT2D eigenvalue weighted by atomic mass is 32.2. The van der Waals surface area contributed by atoms with Gasteiger partial charge in [0.15, 0.2) is 0 Å². The Morgan fingerprint density at radius 1 is 1.07 bits per heavy atom. The molecule has 2 amide bonds. The molecule has 0 heterocycles. The Morgan fingerprint density at radius 2 is 1.78 bits per heavy atom. The van der Waals surface area contributed by atoms with Crippen LogP contribution in [0.2, 0.25) is 0 Å². The van der Waals surface area contributed by atoms with Crippen LogP contribution in [0, 0.1) is 0 Å². The van der Waals surface area contributed by atoms with Crippen LogP contribution in [0.3, 0.4) is 0 Å². The van der Waals surface area contributed by atoms with E-state index >= 15 is 0 Å². The lowest BCUT2D eigenvalue weighted by molar-refractivity contribution is -0.115. The highest BCUT2D eigenvalue weighted by Crippen LogP contribution is 2.25. The summed E-state index contributed by atoms with van der Waals surface area (Å²) in [6, 6.07) is 14.4. The average molecular weight is 388 g/mol. The molecule has 27 heavy (non-hydrogen) atoms. The van der Waals surface area contributed by atoms with Gasteiger partial charge in [-0.1, -0.05) is 12.1 Å². The number of carbonyl (C=O) groups excluding carboxylic acids is 2. The lowest BCUT2D eigenvalue weighted by Crippen LogP contribution is -2.25. The quantitative estimate of drug-likeness (QED) is 0.683. The molecular formula is C20H24N2O4S. The first-order valence-corrected chi connectivity index (χ1v) is 9.66. The van der Waals surface area contributed by atoms with Gasteiger partial charge in [0.1, 0.15) is 11.5 Å². The second-order valence-electron chi connectivity index (χ2n) is 5.65. The van der Waals surface area contributed by atoms with Gasteiger partial charge in [-0.2, -0.15) is 0 Å². The molecule has 0 aliphatic heterocycles. The molecule has 6 nitrogen and oxygen atoms in total. The molecule has 0 aliphatic rings. The SMILES string of the molecule is CCOc1ccccc1NC(=O)C(C)SCC(=O)Nc1ccc(OC)cc1. The van der Waals surface area contributed by atoms with Crippen molar-refractivity contribution in [3.05, 3.63) is 48.5 Å². The van der Waals surface area contributed by atoms with E-state index in [1.54, 1.807) is 50.4 Å². The molecule has 2 aromatic rings. The van der Waals surface area contributed by atoms with Crippen LogP contribution in [0.15, 0.2) is 48.5 Å². The number of para-hydroxylation sites is 2. The fourth-order valence-electron chi connectivity index (χ4n) is 2.23. The lowest BCUT2D eigenvalue weighted by Gasteiger charge is -2.14. The molecule has 2 rings (SSSR count). The number of amides is 2. The maximum absolute atomic E-state index is 12.4. The first-order chi connectivity index (χ1) is 13.0. The van der Waals surface area contributed by atoms with E-state index in [1.165, 1.54) is 11.8 Å². The second kappa shape index (κ2) is 10.5. The number of nitrogens with one attached hydrogen (secondary N) is 2. The predicted octanol–water partition coefficient (Wildman–Crippen LogP) is 3.79. The molecule has 0 radical (unpaired) electrons. The molecule has 0 aliphatic carbocycles. The maximum atomic E-state index is 12.4. The number of rotatable bonds is 9. The van der Waals surface area contributed by atoms with Crippen LogP contribution in [-0.2, 0) is 9.59 Å². The van der Waals surface area contributed by atoms with Crippen molar-refractivity contribution >= 4 is 35.0 Å². The molecule has 0 aromatic heterocycles. The molecule has 2 aromatic carbocycles. The summed E-state index contributed by atoms with van der Waals surface area (Å²) in [6.07, 6.45) is 0. The van der Waals surface area contributed by atoms with Crippen LogP contribution in [0.1, 0.15) is 13.8 Å². The zero-order valence-corrected chi connectivity index (χ0v) is 16.5. The van der Waals surface area contributed by atoms with Crippen LogP contribution in [0.4, 0.5) is 11.4 Å². The fourth-order valence-corrected chi connectivity index (χ4v) is 2.92. The number of ether oxygens (including phenoxy) is 2. The number of benzene rings is 2. The molecule has 0 fully saturated rings. The molecule has 2 N–H and O–H groups in total. The largest absolute Gasteiger partial charge is 0.497 e. The van der Waals surface area contributed by atoms with Gasteiger partial charge in [-0.25, -0.2) is 0 Å². The van der Waals surface area contributed by atoms with Gasteiger partial charge in [0, 0.05) is 5.69 Å². The van der Waals surface area contributed by atoms with Gasteiger partial charge in [-0.3, -0.25) is 9.59 Å². The van der Waals surface area contributed by atoms with E-state index in [9.17, 15) is 9.59 Å². The first-order valence-electron chi connectivity index (χ1n) is 8.61. The van der Waals surface area contributed by atoms with Gasteiger partial charge < -0.3 is 20.1 Å². The summed E-state index contributed by atoms with van der Waals surface area (Å²) in [6.45, 7) is 4.17. The summed E-state index contributed by atoms with van der Waals surface area (Å²) in [7, 11) is 1.59.